The standard InChI is InChI=1S/C19H23NO4S/c1-5-9-20-18(21)17(25-19(20)22)11-14-7-8-15(24-12-13(3)4)16(10-14)23-6-2/h5,7-8,10-11,13H,1,6,9,12H2,2-4H3. The van der Waals surface area contributed by atoms with Gasteiger partial charge in [-0.25, -0.2) is 0 Å². The Bertz CT molecular complexity index is 697. The van der Waals surface area contributed by atoms with Gasteiger partial charge < -0.3 is 9.47 Å². The number of carbonyl (C=O) groups excluding carboxylic acids is 2. The van der Waals surface area contributed by atoms with Crippen LogP contribution in [0, 0.1) is 5.92 Å². The zero-order valence-corrected chi connectivity index (χ0v) is 15.6. The fourth-order valence-electron chi connectivity index (χ4n) is 2.20. The Morgan fingerprint density at radius 2 is 2.00 bits per heavy atom. The number of imide groups is 1. The van der Waals surface area contributed by atoms with E-state index in [1.165, 1.54) is 11.0 Å². The van der Waals surface area contributed by atoms with Crippen molar-refractivity contribution in [2.45, 2.75) is 20.8 Å². The highest BCUT2D eigenvalue weighted by atomic mass is 32.2. The van der Waals surface area contributed by atoms with E-state index in [4.69, 9.17) is 9.47 Å². The molecule has 25 heavy (non-hydrogen) atoms. The molecular formula is C19H23NO4S. The minimum absolute atomic E-state index is 0.216. The van der Waals surface area contributed by atoms with Crippen molar-refractivity contribution in [3.8, 4) is 11.5 Å². The third kappa shape index (κ3) is 4.89. The molecule has 2 rings (SSSR count). The SMILES string of the molecule is C=CCN1C(=O)SC(=Cc2ccc(OCC(C)C)c(OCC)c2)C1=O. The quantitative estimate of drug-likeness (QED) is 0.509. The predicted molar refractivity (Wildman–Crippen MR) is 101 cm³/mol. The number of rotatable bonds is 8. The molecule has 134 valence electrons. The summed E-state index contributed by atoms with van der Waals surface area (Å²) in [6.07, 6.45) is 3.23. The first kappa shape index (κ1) is 19.1. The van der Waals surface area contributed by atoms with Crippen LogP contribution < -0.4 is 9.47 Å². The highest BCUT2D eigenvalue weighted by molar-refractivity contribution is 8.18. The smallest absolute Gasteiger partial charge is 0.293 e. The molecule has 1 aliphatic rings. The molecule has 1 saturated heterocycles. The lowest BCUT2D eigenvalue weighted by Crippen LogP contribution is -2.27. The summed E-state index contributed by atoms with van der Waals surface area (Å²) in [5, 5.41) is -0.280. The van der Waals surface area contributed by atoms with Gasteiger partial charge in [0.05, 0.1) is 18.1 Å². The van der Waals surface area contributed by atoms with E-state index in [0.717, 1.165) is 17.3 Å². The lowest BCUT2D eigenvalue weighted by atomic mass is 10.1. The summed E-state index contributed by atoms with van der Waals surface area (Å²) in [5.74, 6) is 1.41. The van der Waals surface area contributed by atoms with Crippen LogP contribution in [-0.2, 0) is 4.79 Å². The highest BCUT2D eigenvalue weighted by Gasteiger charge is 2.34. The van der Waals surface area contributed by atoms with Crippen LogP contribution in [0.2, 0.25) is 0 Å². The average Bonchev–Trinajstić information content (AvgIpc) is 2.82. The molecule has 0 unspecified atom stereocenters. The first-order chi connectivity index (χ1) is 12.0. The second-order valence-corrected chi connectivity index (χ2v) is 6.92. The lowest BCUT2D eigenvalue weighted by molar-refractivity contribution is -0.122. The van der Waals surface area contributed by atoms with Crippen LogP contribution in [0.4, 0.5) is 4.79 Å². The number of benzene rings is 1. The maximum absolute atomic E-state index is 12.3. The van der Waals surface area contributed by atoms with Crippen LogP contribution >= 0.6 is 11.8 Å². The molecule has 0 N–H and O–H groups in total. The van der Waals surface area contributed by atoms with Crippen molar-refractivity contribution >= 4 is 29.0 Å². The van der Waals surface area contributed by atoms with Crippen molar-refractivity contribution in [3.05, 3.63) is 41.3 Å². The van der Waals surface area contributed by atoms with Gasteiger partial charge in [0.1, 0.15) is 0 Å². The molecule has 5 nitrogen and oxygen atoms in total. The molecule has 0 aliphatic carbocycles. The normalized spacial score (nSPS) is 16.0. The van der Waals surface area contributed by atoms with E-state index in [-0.39, 0.29) is 17.7 Å². The van der Waals surface area contributed by atoms with Crippen molar-refractivity contribution in [2.24, 2.45) is 5.92 Å². The third-order valence-electron chi connectivity index (χ3n) is 3.32. The lowest BCUT2D eigenvalue weighted by Gasteiger charge is -2.14. The largest absolute Gasteiger partial charge is 0.490 e. The molecule has 0 bridgehead atoms. The van der Waals surface area contributed by atoms with E-state index in [9.17, 15) is 9.59 Å². The van der Waals surface area contributed by atoms with Crippen LogP contribution in [0.1, 0.15) is 26.3 Å². The van der Waals surface area contributed by atoms with Crippen LogP contribution in [0.5, 0.6) is 11.5 Å². The molecule has 0 aromatic heterocycles. The van der Waals surface area contributed by atoms with Gasteiger partial charge in [-0.15, -0.1) is 6.58 Å². The summed E-state index contributed by atoms with van der Waals surface area (Å²) >= 11 is 0.933. The molecular weight excluding hydrogens is 338 g/mol. The van der Waals surface area contributed by atoms with Crippen LogP contribution in [0.15, 0.2) is 35.8 Å². The van der Waals surface area contributed by atoms with E-state index < -0.39 is 0 Å². The maximum Gasteiger partial charge on any atom is 0.293 e. The summed E-state index contributed by atoms with van der Waals surface area (Å²) in [7, 11) is 0. The Balaban J connectivity index is 2.24. The highest BCUT2D eigenvalue weighted by Crippen LogP contribution is 2.34. The number of carbonyl (C=O) groups is 2. The van der Waals surface area contributed by atoms with Crippen molar-refractivity contribution in [1.82, 2.24) is 4.90 Å². The Kier molecular flexibility index (Phi) is 6.70. The van der Waals surface area contributed by atoms with Gasteiger partial charge in [-0.3, -0.25) is 14.5 Å². The number of nitrogens with zero attached hydrogens (tertiary/aromatic N) is 1. The minimum atomic E-state index is -0.298. The van der Waals surface area contributed by atoms with Crippen molar-refractivity contribution < 1.29 is 19.1 Å². The first-order valence-electron chi connectivity index (χ1n) is 8.22. The molecule has 0 spiro atoms. The Morgan fingerprint density at radius 1 is 1.24 bits per heavy atom. The molecule has 1 aromatic carbocycles. The molecule has 1 heterocycles. The summed E-state index contributed by atoms with van der Waals surface area (Å²) in [5.41, 5.74) is 0.782. The predicted octanol–water partition coefficient (Wildman–Crippen LogP) is 4.34. The minimum Gasteiger partial charge on any atom is -0.490 e. The fraction of sp³-hybridized carbons (Fsp3) is 0.368. The van der Waals surface area contributed by atoms with Crippen molar-refractivity contribution in [1.29, 1.82) is 0 Å². The monoisotopic (exact) mass is 361 g/mol. The average molecular weight is 361 g/mol. The topological polar surface area (TPSA) is 55.8 Å². The van der Waals surface area contributed by atoms with Crippen molar-refractivity contribution in [2.75, 3.05) is 19.8 Å². The van der Waals surface area contributed by atoms with Crippen LogP contribution in [0.3, 0.4) is 0 Å². The van der Waals surface area contributed by atoms with Gasteiger partial charge in [-0.1, -0.05) is 26.0 Å². The number of thioether (sulfide) groups is 1. The van der Waals surface area contributed by atoms with Gasteiger partial charge in [0, 0.05) is 6.54 Å². The van der Waals surface area contributed by atoms with E-state index in [1.807, 2.05) is 25.1 Å². The molecule has 1 aromatic rings. The summed E-state index contributed by atoms with van der Waals surface area (Å²) in [6, 6.07) is 5.49. The molecule has 2 amide bonds. The fourth-order valence-corrected chi connectivity index (χ4v) is 3.04. The number of ether oxygens (including phenoxy) is 2. The van der Waals surface area contributed by atoms with E-state index in [1.54, 1.807) is 6.08 Å². The van der Waals surface area contributed by atoms with Gasteiger partial charge in [0.2, 0.25) is 0 Å². The van der Waals surface area contributed by atoms with Crippen molar-refractivity contribution in [3.63, 3.8) is 0 Å². The number of hydrogen-bond donors (Lipinski definition) is 0. The van der Waals surface area contributed by atoms with E-state index in [2.05, 4.69) is 20.4 Å². The van der Waals surface area contributed by atoms with Gasteiger partial charge >= 0.3 is 0 Å². The van der Waals surface area contributed by atoms with Gasteiger partial charge in [0.15, 0.2) is 11.5 Å². The molecule has 1 aliphatic heterocycles. The molecule has 0 saturated carbocycles. The van der Waals surface area contributed by atoms with Crippen LogP contribution in [0.25, 0.3) is 6.08 Å². The Morgan fingerprint density at radius 3 is 2.64 bits per heavy atom. The van der Waals surface area contributed by atoms with Gasteiger partial charge in [0.25, 0.3) is 11.1 Å². The zero-order valence-electron chi connectivity index (χ0n) is 14.8. The number of amides is 2. The second kappa shape index (κ2) is 8.76. The van der Waals surface area contributed by atoms with Crippen LogP contribution in [-0.4, -0.2) is 35.8 Å². The molecule has 0 radical (unpaired) electrons. The summed E-state index contributed by atoms with van der Waals surface area (Å²) in [4.78, 5) is 25.7. The Hall–Kier alpha value is -2.21. The first-order valence-corrected chi connectivity index (χ1v) is 9.03. The van der Waals surface area contributed by atoms with E-state index in [0.29, 0.717) is 35.5 Å². The molecule has 6 heteroatoms. The second-order valence-electron chi connectivity index (χ2n) is 5.93. The zero-order chi connectivity index (χ0) is 18.4. The van der Waals surface area contributed by atoms with Gasteiger partial charge in [-0.05, 0) is 48.4 Å². The summed E-state index contributed by atoms with van der Waals surface area (Å²) in [6.45, 7) is 11.0. The van der Waals surface area contributed by atoms with E-state index >= 15 is 0 Å². The number of hydrogen-bond acceptors (Lipinski definition) is 5. The Labute approximate surface area is 152 Å². The molecule has 1 fully saturated rings. The van der Waals surface area contributed by atoms with Gasteiger partial charge in [-0.2, -0.15) is 0 Å². The third-order valence-corrected chi connectivity index (χ3v) is 4.23. The molecule has 0 atom stereocenters. The maximum atomic E-state index is 12.3. The summed E-state index contributed by atoms with van der Waals surface area (Å²) < 4.78 is 11.4.